The molecule has 2 aromatic rings. The summed E-state index contributed by atoms with van der Waals surface area (Å²) in [6.07, 6.45) is 0. The summed E-state index contributed by atoms with van der Waals surface area (Å²) in [6.45, 7) is 0.180. The van der Waals surface area contributed by atoms with Gasteiger partial charge in [0, 0.05) is 16.3 Å². The summed E-state index contributed by atoms with van der Waals surface area (Å²) < 4.78 is 24.9. The Balaban J connectivity index is 2.34. The van der Waals surface area contributed by atoms with Gasteiger partial charge < -0.3 is 0 Å². The van der Waals surface area contributed by atoms with Crippen molar-refractivity contribution in [3.63, 3.8) is 0 Å². The van der Waals surface area contributed by atoms with Gasteiger partial charge in [0.05, 0.1) is 0 Å². The number of fused-ring (bicyclic) bond motifs is 1. The molecule has 0 fully saturated rings. The fourth-order valence-electron chi connectivity index (χ4n) is 1.37. The number of hydrogen-bond donors (Lipinski definition) is 2. The molecule has 0 amide bonds. The normalized spacial score (nSPS) is 12.1. The number of hydrogen-bond acceptors (Lipinski definition) is 3. The zero-order valence-corrected chi connectivity index (χ0v) is 10.5. The third-order valence-corrected chi connectivity index (χ3v) is 3.87. The van der Waals surface area contributed by atoms with E-state index in [4.69, 9.17) is 16.7 Å². The Morgan fingerprint density at radius 2 is 2.19 bits per heavy atom. The van der Waals surface area contributed by atoms with Gasteiger partial charge in [-0.25, -0.2) is 5.14 Å². The van der Waals surface area contributed by atoms with Crippen LogP contribution in [0.3, 0.4) is 0 Å². The quantitative estimate of drug-likeness (QED) is 0.898. The summed E-state index contributed by atoms with van der Waals surface area (Å²) in [7, 11) is -3.66. The van der Waals surface area contributed by atoms with Gasteiger partial charge in [-0.2, -0.15) is 13.1 Å². The molecule has 7 heteroatoms. The second-order valence-electron chi connectivity index (χ2n) is 3.27. The number of rotatable bonds is 3. The average molecular weight is 277 g/mol. The van der Waals surface area contributed by atoms with E-state index < -0.39 is 10.2 Å². The molecule has 4 nitrogen and oxygen atoms in total. The third-order valence-electron chi connectivity index (χ3n) is 2.08. The zero-order valence-electron chi connectivity index (χ0n) is 8.10. The summed E-state index contributed by atoms with van der Waals surface area (Å²) >= 11 is 7.42. The van der Waals surface area contributed by atoms with Crippen molar-refractivity contribution in [1.82, 2.24) is 4.72 Å². The second-order valence-corrected chi connectivity index (χ2v) is 5.99. The van der Waals surface area contributed by atoms with E-state index >= 15 is 0 Å². The predicted octanol–water partition coefficient (Wildman–Crippen LogP) is 1.85. The van der Waals surface area contributed by atoms with Crippen molar-refractivity contribution in [3.05, 3.63) is 34.2 Å². The van der Waals surface area contributed by atoms with Crippen LogP contribution in [0.5, 0.6) is 0 Å². The van der Waals surface area contributed by atoms with Crippen molar-refractivity contribution in [2.24, 2.45) is 5.14 Å². The zero-order chi connectivity index (χ0) is 11.8. The minimum Gasteiger partial charge on any atom is -0.216 e. The Morgan fingerprint density at radius 3 is 2.88 bits per heavy atom. The largest absolute Gasteiger partial charge is 0.274 e. The summed E-state index contributed by atoms with van der Waals surface area (Å²) in [4.78, 5) is 0. The van der Waals surface area contributed by atoms with E-state index in [1.54, 1.807) is 6.07 Å². The van der Waals surface area contributed by atoms with Gasteiger partial charge in [0.1, 0.15) is 0 Å². The molecule has 86 valence electrons. The monoisotopic (exact) mass is 276 g/mol. The predicted molar refractivity (Wildman–Crippen MR) is 66.8 cm³/mol. The molecule has 0 aliphatic carbocycles. The Hall–Kier alpha value is -0.660. The van der Waals surface area contributed by atoms with Gasteiger partial charge in [-0.05, 0) is 34.5 Å². The van der Waals surface area contributed by atoms with Crippen molar-refractivity contribution < 1.29 is 8.42 Å². The Kier molecular flexibility index (Phi) is 3.18. The van der Waals surface area contributed by atoms with Gasteiger partial charge in [0.2, 0.25) is 0 Å². The van der Waals surface area contributed by atoms with Crippen LogP contribution in [0.1, 0.15) is 5.56 Å². The van der Waals surface area contributed by atoms with E-state index in [2.05, 4.69) is 4.72 Å². The van der Waals surface area contributed by atoms with Crippen LogP contribution in [0.25, 0.3) is 10.1 Å². The van der Waals surface area contributed by atoms with Crippen LogP contribution in [-0.4, -0.2) is 8.42 Å². The minimum atomic E-state index is -3.66. The molecule has 2 rings (SSSR count). The van der Waals surface area contributed by atoms with Crippen LogP contribution in [0.2, 0.25) is 5.02 Å². The molecule has 0 aliphatic heterocycles. The molecule has 0 aliphatic rings. The van der Waals surface area contributed by atoms with Gasteiger partial charge >= 0.3 is 0 Å². The van der Waals surface area contributed by atoms with Crippen LogP contribution in [0.4, 0.5) is 0 Å². The van der Waals surface area contributed by atoms with Crippen LogP contribution in [0, 0.1) is 0 Å². The van der Waals surface area contributed by atoms with Gasteiger partial charge in [0.25, 0.3) is 10.2 Å². The molecule has 0 bridgehead atoms. The van der Waals surface area contributed by atoms with Gasteiger partial charge in [-0.15, -0.1) is 11.3 Å². The van der Waals surface area contributed by atoms with Crippen molar-refractivity contribution >= 4 is 43.2 Å². The Labute approximate surface area is 102 Å². The molecule has 0 spiro atoms. The summed E-state index contributed by atoms with van der Waals surface area (Å²) in [5, 5.41) is 8.33. The molecule has 0 unspecified atom stereocenters. The second kappa shape index (κ2) is 4.31. The molecular formula is C9H9ClN2O2S2. The molecule has 1 heterocycles. The fraction of sp³-hybridized carbons (Fsp3) is 0.111. The molecule has 1 aromatic carbocycles. The molecule has 16 heavy (non-hydrogen) atoms. The molecule has 0 saturated carbocycles. The highest BCUT2D eigenvalue weighted by molar-refractivity contribution is 7.87. The van der Waals surface area contributed by atoms with Crippen LogP contribution in [-0.2, 0) is 16.8 Å². The van der Waals surface area contributed by atoms with Gasteiger partial charge in [-0.3, -0.25) is 0 Å². The highest BCUT2D eigenvalue weighted by atomic mass is 35.5. The topological polar surface area (TPSA) is 72.2 Å². The lowest BCUT2D eigenvalue weighted by atomic mass is 10.2. The highest BCUT2D eigenvalue weighted by Gasteiger charge is 2.07. The number of benzene rings is 1. The number of halogens is 1. The van der Waals surface area contributed by atoms with E-state index in [-0.39, 0.29) is 6.54 Å². The summed E-state index contributed by atoms with van der Waals surface area (Å²) in [6, 6.07) is 5.52. The maximum Gasteiger partial charge on any atom is 0.274 e. The highest BCUT2D eigenvalue weighted by Crippen LogP contribution is 2.28. The smallest absolute Gasteiger partial charge is 0.216 e. The van der Waals surface area contributed by atoms with Crippen molar-refractivity contribution in [2.75, 3.05) is 0 Å². The number of nitrogens with one attached hydrogen (secondary N) is 1. The fourth-order valence-corrected chi connectivity index (χ4v) is 2.84. The van der Waals surface area contributed by atoms with Crippen molar-refractivity contribution in [2.45, 2.75) is 6.54 Å². The van der Waals surface area contributed by atoms with E-state index in [0.29, 0.717) is 5.02 Å². The molecule has 1 aromatic heterocycles. The first kappa shape index (κ1) is 11.8. The van der Waals surface area contributed by atoms with Crippen LogP contribution in [0.15, 0.2) is 23.6 Å². The SMILES string of the molecule is NS(=O)(=O)NCc1csc2ccc(Cl)cc12. The minimum absolute atomic E-state index is 0.180. The first-order valence-electron chi connectivity index (χ1n) is 4.39. The summed E-state index contributed by atoms with van der Waals surface area (Å²) in [5.74, 6) is 0. The molecule has 0 atom stereocenters. The van der Waals surface area contributed by atoms with Gasteiger partial charge in [0.15, 0.2) is 0 Å². The average Bonchev–Trinajstić information content (AvgIpc) is 2.56. The molecule has 0 radical (unpaired) electrons. The van der Waals surface area contributed by atoms with E-state index in [1.165, 1.54) is 11.3 Å². The van der Waals surface area contributed by atoms with E-state index in [9.17, 15) is 8.42 Å². The first-order valence-corrected chi connectivity index (χ1v) is 7.19. The Morgan fingerprint density at radius 1 is 1.44 bits per heavy atom. The standard InChI is InChI=1S/C9H9ClN2O2S2/c10-7-1-2-9-8(3-7)6(5-15-9)4-12-16(11,13)14/h1-3,5,12H,4H2,(H2,11,13,14). The van der Waals surface area contributed by atoms with Gasteiger partial charge in [-0.1, -0.05) is 11.6 Å². The first-order chi connectivity index (χ1) is 7.46. The lowest BCUT2D eigenvalue weighted by Crippen LogP contribution is -2.30. The lowest BCUT2D eigenvalue weighted by molar-refractivity contribution is 0.583. The number of nitrogens with two attached hydrogens (primary N) is 1. The van der Waals surface area contributed by atoms with Crippen molar-refractivity contribution in [3.8, 4) is 0 Å². The maximum absolute atomic E-state index is 10.8. The summed E-state index contributed by atoms with van der Waals surface area (Å²) in [5.41, 5.74) is 0.872. The maximum atomic E-state index is 10.8. The Bertz CT molecular complexity index is 621. The lowest BCUT2D eigenvalue weighted by Gasteiger charge is -2.00. The van der Waals surface area contributed by atoms with E-state index in [1.807, 2.05) is 17.5 Å². The number of thiophene rings is 1. The third kappa shape index (κ3) is 2.72. The van der Waals surface area contributed by atoms with Crippen molar-refractivity contribution in [1.29, 1.82) is 0 Å². The molecular weight excluding hydrogens is 268 g/mol. The van der Waals surface area contributed by atoms with Crippen LogP contribution < -0.4 is 9.86 Å². The van der Waals surface area contributed by atoms with E-state index in [0.717, 1.165) is 15.6 Å². The molecule has 0 saturated heterocycles. The molecule has 3 N–H and O–H groups in total. The van der Waals surface area contributed by atoms with Crippen LogP contribution >= 0.6 is 22.9 Å².